The number of carbonyl (C=O) groups is 1. The van der Waals surface area contributed by atoms with E-state index in [0.29, 0.717) is 13.0 Å². The first-order valence-corrected chi connectivity index (χ1v) is 6.89. The Morgan fingerprint density at radius 1 is 1.29 bits per heavy atom. The van der Waals surface area contributed by atoms with Crippen molar-refractivity contribution in [1.29, 1.82) is 0 Å². The molecule has 1 saturated heterocycles. The molecule has 0 aliphatic carbocycles. The van der Waals surface area contributed by atoms with Gasteiger partial charge in [0.05, 0.1) is 12.1 Å². The topological polar surface area (TPSA) is 52.6 Å². The van der Waals surface area contributed by atoms with E-state index in [1.165, 1.54) is 0 Å². The monoisotopic (exact) mass is 242 g/mol. The van der Waals surface area contributed by atoms with E-state index in [1.807, 2.05) is 4.90 Å². The van der Waals surface area contributed by atoms with Gasteiger partial charge in [0.15, 0.2) is 0 Å². The molecule has 0 bridgehead atoms. The zero-order valence-electron chi connectivity index (χ0n) is 11.1. The van der Waals surface area contributed by atoms with Crippen LogP contribution in [0, 0.1) is 0 Å². The van der Waals surface area contributed by atoms with Gasteiger partial charge in [-0.15, -0.1) is 0 Å². The second-order valence-electron chi connectivity index (χ2n) is 4.88. The van der Waals surface area contributed by atoms with E-state index in [2.05, 4.69) is 19.2 Å². The summed E-state index contributed by atoms with van der Waals surface area (Å²) < 4.78 is 0. The number of β-amino-alcohol motifs (C(OH)–C–C–N with tert-alkyl or cyclic N) is 1. The second kappa shape index (κ2) is 7.67. The molecule has 1 aliphatic rings. The summed E-state index contributed by atoms with van der Waals surface area (Å²) in [4.78, 5) is 14.2. The quantitative estimate of drug-likeness (QED) is 0.704. The molecule has 100 valence electrons. The van der Waals surface area contributed by atoms with Crippen LogP contribution in [-0.2, 0) is 4.79 Å². The molecule has 0 radical (unpaired) electrons. The van der Waals surface area contributed by atoms with Gasteiger partial charge in [0.1, 0.15) is 0 Å². The number of hydrogen-bond donors (Lipinski definition) is 2. The maximum atomic E-state index is 12.3. The highest BCUT2D eigenvalue weighted by Gasteiger charge is 2.30. The van der Waals surface area contributed by atoms with Crippen LogP contribution in [0.5, 0.6) is 0 Å². The Morgan fingerprint density at radius 3 is 2.29 bits per heavy atom. The van der Waals surface area contributed by atoms with E-state index < -0.39 is 0 Å². The summed E-state index contributed by atoms with van der Waals surface area (Å²) in [5.74, 6) is 0.170. The molecule has 4 nitrogen and oxygen atoms in total. The largest absolute Gasteiger partial charge is 0.392 e. The van der Waals surface area contributed by atoms with Gasteiger partial charge in [0.25, 0.3) is 0 Å². The summed E-state index contributed by atoms with van der Waals surface area (Å²) in [5, 5.41) is 12.5. The van der Waals surface area contributed by atoms with Gasteiger partial charge in [-0.2, -0.15) is 0 Å². The molecular weight excluding hydrogens is 216 g/mol. The van der Waals surface area contributed by atoms with E-state index in [4.69, 9.17) is 0 Å². The lowest BCUT2D eigenvalue weighted by molar-refractivity contribution is -0.133. The Balaban J connectivity index is 2.45. The lowest BCUT2D eigenvalue weighted by Gasteiger charge is -2.25. The Morgan fingerprint density at radius 2 is 1.88 bits per heavy atom. The molecule has 0 aromatic rings. The Labute approximate surface area is 104 Å². The first-order valence-electron chi connectivity index (χ1n) is 6.89. The third-order valence-electron chi connectivity index (χ3n) is 3.28. The lowest BCUT2D eigenvalue weighted by atomic mass is 10.1. The molecule has 0 aromatic heterocycles. The molecule has 1 amide bonds. The van der Waals surface area contributed by atoms with Gasteiger partial charge < -0.3 is 15.3 Å². The van der Waals surface area contributed by atoms with Gasteiger partial charge in [0, 0.05) is 19.6 Å². The normalized spacial score (nSPS) is 23.9. The molecule has 0 spiro atoms. The molecule has 1 rings (SSSR count). The smallest absolute Gasteiger partial charge is 0.239 e. The number of carbonyl (C=O) groups excluding carboxylic acids is 1. The van der Waals surface area contributed by atoms with Crippen molar-refractivity contribution in [2.24, 2.45) is 0 Å². The summed E-state index contributed by atoms with van der Waals surface area (Å²) >= 11 is 0. The Kier molecular flexibility index (Phi) is 6.52. The third-order valence-corrected chi connectivity index (χ3v) is 3.28. The first-order chi connectivity index (χ1) is 8.19. The Bertz CT molecular complexity index is 225. The molecule has 0 saturated carbocycles. The van der Waals surface area contributed by atoms with Crippen molar-refractivity contribution in [1.82, 2.24) is 10.2 Å². The van der Waals surface area contributed by atoms with Crippen LogP contribution >= 0.6 is 0 Å². The number of aliphatic hydroxyl groups excluding tert-OH is 1. The molecule has 1 unspecified atom stereocenters. The highest BCUT2D eigenvalue weighted by Crippen LogP contribution is 2.11. The molecule has 4 heteroatoms. The van der Waals surface area contributed by atoms with Gasteiger partial charge in [-0.05, 0) is 19.3 Å². The lowest BCUT2D eigenvalue weighted by Crippen LogP contribution is -2.44. The predicted octanol–water partition coefficient (Wildman–Crippen LogP) is 1.14. The van der Waals surface area contributed by atoms with Crippen molar-refractivity contribution >= 4 is 5.91 Å². The van der Waals surface area contributed by atoms with Crippen molar-refractivity contribution < 1.29 is 9.90 Å². The minimum absolute atomic E-state index is 0.168. The van der Waals surface area contributed by atoms with Crippen LogP contribution in [0.25, 0.3) is 0 Å². The van der Waals surface area contributed by atoms with Crippen molar-refractivity contribution in [3.63, 3.8) is 0 Å². The number of nitrogens with zero attached hydrogens (tertiary/aromatic N) is 1. The molecule has 0 aromatic carbocycles. The maximum Gasteiger partial charge on any atom is 0.239 e. The van der Waals surface area contributed by atoms with Crippen LogP contribution < -0.4 is 5.32 Å². The Hall–Kier alpha value is -0.610. The molecule has 2 N–H and O–H groups in total. The number of unbranched alkanes of at least 4 members (excludes halogenated alkanes) is 2. The van der Waals surface area contributed by atoms with Crippen LogP contribution in [0.1, 0.15) is 46.0 Å². The van der Waals surface area contributed by atoms with Crippen LogP contribution in [-0.4, -0.2) is 47.7 Å². The van der Waals surface area contributed by atoms with Gasteiger partial charge in [-0.25, -0.2) is 0 Å². The molecule has 1 aliphatic heterocycles. The number of nitrogens with one attached hydrogen (secondary N) is 1. The predicted molar refractivity (Wildman–Crippen MR) is 68.8 cm³/mol. The first kappa shape index (κ1) is 14.5. The molecule has 17 heavy (non-hydrogen) atoms. The van der Waals surface area contributed by atoms with E-state index in [9.17, 15) is 9.90 Å². The molecule has 2 atom stereocenters. The number of aliphatic hydroxyl groups is 1. The van der Waals surface area contributed by atoms with Crippen molar-refractivity contribution in [2.75, 3.05) is 19.6 Å². The van der Waals surface area contributed by atoms with Gasteiger partial charge in [0.2, 0.25) is 5.91 Å². The number of rotatable bonds is 7. The van der Waals surface area contributed by atoms with Crippen LogP contribution in [0.15, 0.2) is 0 Å². The van der Waals surface area contributed by atoms with Crippen LogP contribution in [0.3, 0.4) is 0 Å². The highest BCUT2D eigenvalue weighted by molar-refractivity contribution is 5.82. The van der Waals surface area contributed by atoms with Gasteiger partial charge >= 0.3 is 0 Å². The minimum Gasteiger partial charge on any atom is -0.392 e. The van der Waals surface area contributed by atoms with E-state index in [1.54, 1.807) is 0 Å². The summed E-state index contributed by atoms with van der Waals surface area (Å²) in [5.41, 5.74) is 0. The summed E-state index contributed by atoms with van der Waals surface area (Å²) in [6.45, 7) is 6.53. The minimum atomic E-state index is -0.358. The standard InChI is InChI=1S/C13H26N2O2/c1-3-5-7-15(8-6-4-2)13(17)12-9-11(16)10-14-12/h11-12,14,16H,3-10H2,1-2H3/t11?,12-/m0/s1. The third kappa shape index (κ3) is 4.64. The molecule has 1 heterocycles. The summed E-state index contributed by atoms with van der Waals surface area (Å²) in [7, 11) is 0. The SMILES string of the molecule is CCCCN(CCCC)C(=O)[C@@H]1CC(O)CN1. The highest BCUT2D eigenvalue weighted by atomic mass is 16.3. The zero-order valence-corrected chi connectivity index (χ0v) is 11.1. The van der Waals surface area contributed by atoms with Crippen LogP contribution in [0.2, 0.25) is 0 Å². The zero-order chi connectivity index (χ0) is 12.7. The van der Waals surface area contributed by atoms with Crippen molar-refractivity contribution in [3.8, 4) is 0 Å². The molecule has 1 fully saturated rings. The second-order valence-corrected chi connectivity index (χ2v) is 4.88. The number of amides is 1. The van der Waals surface area contributed by atoms with Crippen molar-refractivity contribution in [3.05, 3.63) is 0 Å². The van der Waals surface area contributed by atoms with E-state index in [0.717, 1.165) is 38.8 Å². The van der Waals surface area contributed by atoms with E-state index in [-0.39, 0.29) is 18.1 Å². The maximum absolute atomic E-state index is 12.3. The fraction of sp³-hybridized carbons (Fsp3) is 0.923. The number of hydrogen-bond acceptors (Lipinski definition) is 3. The molecular formula is C13H26N2O2. The summed E-state index contributed by atoms with van der Waals surface area (Å²) in [6, 6.07) is -0.168. The van der Waals surface area contributed by atoms with Crippen molar-refractivity contribution in [2.45, 2.75) is 58.1 Å². The van der Waals surface area contributed by atoms with Gasteiger partial charge in [-0.1, -0.05) is 26.7 Å². The average Bonchev–Trinajstić information content (AvgIpc) is 2.75. The van der Waals surface area contributed by atoms with Crippen LogP contribution in [0.4, 0.5) is 0 Å². The average molecular weight is 242 g/mol. The van der Waals surface area contributed by atoms with Gasteiger partial charge in [-0.3, -0.25) is 4.79 Å². The summed E-state index contributed by atoms with van der Waals surface area (Å²) in [6.07, 6.45) is 4.54. The fourth-order valence-corrected chi connectivity index (χ4v) is 2.16. The fourth-order valence-electron chi connectivity index (χ4n) is 2.16. The van der Waals surface area contributed by atoms with E-state index >= 15 is 0 Å².